The molecule has 1 heterocycles. The molecule has 0 unspecified atom stereocenters. The van der Waals surface area contributed by atoms with Crippen molar-refractivity contribution in [2.75, 3.05) is 7.11 Å². The van der Waals surface area contributed by atoms with Gasteiger partial charge in [-0.05, 0) is 36.8 Å². The molecule has 0 amide bonds. The Kier molecular flexibility index (Phi) is 3.37. The summed E-state index contributed by atoms with van der Waals surface area (Å²) < 4.78 is 18.6. The molecule has 92 valence electrons. The van der Waals surface area contributed by atoms with Crippen LogP contribution in [0.15, 0.2) is 36.7 Å². The molecule has 3 nitrogen and oxygen atoms in total. The van der Waals surface area contributed by atoms with E-state index in [1.165, 1.54) is 12.3 Å². The van der Waals surface area contributed by atoms with E-state index in [2.05, 4.69) is 4.98 Å². The number of hydrogen-bond donors (Lipinski definition) is 0. The SMILES string of the molecule is COc1ccc(C(=O)c2ccncc2F)c(C)c1. The van der Waals surface area contributed by atoms with Crippen molar-refractivity contribution in [3.8, 4) is 5.75 Å². The molecule has 18 heavy (non-hydrogen) atoms. The van der Waals surface area contributed by atoms with E-state index in [9.17, 15) is 9.18 Å². The molecule has 2 aromatic rings. The number of aromatic nitrogens is 1. The molecule has 0 atom stereocenters. The Labute approximate surface area is 104 Å². The van der Waals surface area contributed by atoms with Gasteiger partial charge in [0.1, 0.15) is 5.75 Å². The molecule has 0 spiro atoms. The number of pyridine rings is 1. The molecule has 0 aliphatic carbocycles. The number of carbonyl (C=O) groups is 1. The van der Waals surface area contributed by atoms with Gasteiger partial charge < -0.3 is 4.74 Å². The van der Waals surface area contributed by atoms with Gasteiger partial charge in [0.2, 0.25) is 0 Å². The number of benzene rings is 1. The predicted octanol–water partition coefficient (Wildman–Crippen LogP) is 2.77. The van der Waals surface area contributed by atoms with E-state index in [1.807, 2.05) is 0 Å². The van der Waals surface area contributed by atoms with Gasteiger partial charge in [-0.15, -0.1) is 0 Å². The van der Waals surface area contributed by atoms with E-state index in [-0.39, 0.29) is 11.3 Å². The molecule has 2 rings (SSSR count). The van der Waals surface area contributed by atoms with Crippen LogP contribution in [0, 0.1) is 12.7 Å². The van der Waals surface area contributed by atoms with Crippen LogP contribution in [0.4, 0.5) is 4.39 Å². The molecule has 0 aliphatic rings. The van der Waals surface area contributed by atoms with Gasteiger partial charge in [-0.3, -0.25) is 9.78 Å². The lowest BCUT2D eigenvalue weighted by atomic mass is 9.99. The molecule has 0 bridgehead atoms. The zero-order valence-corrected chi connectivity index (χ0v) is 10.1. The largest absolute Gasteiger partial charge is 0.497 e. The minimum Gasteiger partial charge on any atom is -0.497 e. The summed E-state index contributed by atoms with van der Waals surface area (Å²) in [4.78, 5) is 15.8. The summed E-state index contributed by atoms with van der Waals surface area (Å²) in [5.74, 6) is -0.299. The lowest BCUT2D eigenvalue weighted by molar-refractivity contribution is 0.103. The minimum absolute atomic E-state index is 0.0262. The van der Waals surface area contributed by atoms with Crippen LogP contribution in [-0.2, 0) is 0 Å². The second-order valence-corrected chi connectivity index (χ2v) is 3.87. The second-order valence-electron chi connectivity index (χ2n) is 3.87. The average molecular weight is 245 g/mol. The van der Waals surface area contributed by atoms with Crippen LogP contribution in [-0.4, -0.2) is 17.9 Å². The summed E-state index contributed by atoms with van der Waals surface area (Å²) in [5, 5.41) is 0. The third kappa shape index (κ3) is 2.22. The molecular weight excluding hydrogens is 233 g/mol. The van der Waals surface area contributed by atoms with Crippen LogP contribution < -0.4 is 4.74 Å². The zero-order valence-electron chi connectivity index (χ0n) is 10.1. The molecule has 1 aromatic heterocycles. The number of ether oxygens (including phenoxy) is 1. The van der Waals surface area contributed by atoms with Gasteiger partial charge in [0.05, 0.1) is 18.9 Å². The van der Waals surface area contributed by atoms with Crippen molar-refractivity contribution in [1.82, 2.24) is 4.98 Å². The Morgan fingerprint density at radius 1 is 1.28 bits per heavy atom. The van der Waals surface area contributed by atoms with Crippen LogP contribution in [0.1, 0.15) is 21.5 Å². The maximum Gasteiger partial charge on any atom is 0.196 e. The summed E-state index contributed by atoms with van der Waals surface area (Å²) in [6.07, 6.45) is 2.43. The number of nitrogens with zero attached hydrogens (tertiary/aromatic N) is 1. The van der Waals surface area contributed by atoms with E-state index < -0.39 is 5.82 Å². The summed E-state index contributed by atoms with van der Waals surface area (Å²) in [7, 11) is 1.55. The van der Waals surface area contributed by atoms with Crippen molar-refractivity contribution in [2.45, 2.75) is 6.92 Å². The van der Waals surface area contributed by atoms with Crippen molar-refractivity contribution in [3.63, 3.8) is 0 Å². The number of hydrogen-bond acceptors (Lipinski definition) is 3. The molecule has 0 aliphatic heterocycles. The van der Waals surface area contributed by atoms with Crippen molar-refractivity contribution in [2.24, 2.45) is 0 Å². The van der Waals surface area contributed by atoms with Crippen molar-refractivity contribution >= 4 is 5.78 Å². The van der Waals surface area contributed by atoms with Gasteiger partial charge in [0.15, 0.2) is 11.6 Å². The molecule has 0 saturated heterocycles. The lowest BCUT2D eigenvalue weighted by Crippen LogP contribution is -2.06. The number of rotatable bonds is 3. The molecule has 1 aromatic carbocycles. The molecule has 4 heteroatoms. The van der Waals surface area contributed by atoms with Crippen molar-refractivity contribution < 1.29 is 13.9 Å². The average Bonchev–Trinajstić information content (AvgIpc) is 2.38. The highest BCUT2D eigenvalue weighted by Crippen LogP contribution is 2.20. The molecule has 0 fully saturated rings. The molecule has 0 radical (unpaired) electrons. The number of halogens is 1. The standard InChI is InChI=1S/C14H12FNO2/c1-9-7-10(18-2)3-4-11(9)14(17)12-5-6-16-8-13(12)15/h3-8H,1-2H3. The Hall–Kier alpha value is -2.23. The first kappa shape index (κ1) is 12.2. The van der Waals surface area contributed by atoms with Crippen LogP contribution in [0.25, 0.3) is 0 Å². The van der Waals surface area contributed by atoms with Gasteiger partial charge >= 0.3 is 0 Å². The van der Waals surface area contributed by atoms with E-state index >= 15 is 0 Å². The monoisotopic (exact) mass is 245 g/mol. The van der Waals surface area contributed by atoms with Crippen LogP contribution in [0.5, 0.6) is 5.75 Å². The van der Waals surface area contributed by atoms with Gasteiger partial charge in [0.25, 0.3) is 0 Å². The number of methoxy groups -OCH3 is 1. The van der Waals surface area contributed by atoms with Crippen LogP contribution in [0.2, 0.25) is 0 Å². The highest BCUT2D eigenvalue weighted by Gasteiger charge is 2.16. The third-order valence-corrected chi connectivity index (χ3v) is 2.70. The Bertz CT molecular complexity index is 596. The van der Waals surface area contributed by atoms with E-state index in [0.717, 1.165) is 11.8 Å². The van der Waals surface area contributed by atoms with Crippen molar-refractivity contribution in [1.29, 1.82) is 0 Å². The highest BCUT2D eigenvalue weighted by atomic mass is 19.1. The van der Waals surface area contributed by atoms with Crippen LogP contribution >= 0.6 is 0 Å². The summed E-state index contributed by atoms with van der Waals surface area (Å²) >= 11 is 0. The summed E-state index contributed by atoms with van der Waals surface area (Å²) in [6.45, 7) is 1.79. The first-order chi connectivity index (χ1) is 8.63. The predicted molar refractivity (Wildman–Crippen MR) is 65.4 cm³/mol. The first-order valence-corrected chi connectivity index (χ1v) is 5.42. The van der Waals surface area contributed by atoms with E-state index in [1.54, 1.807) is 32.2 Å². The minimum atomic E-state index is -0.613. The van der Waals surface area contributed by atoms with E-state index in [0.29, 0.717) is 11.3 Å². The highest BCUT2D eigenvalue weighted by molar-refractivity contribution is 6.10. The normalized spacial score (nSPS) is 10.2. The molecule has 0 N–H and O–H groups in total. The van der Waals surface area contributed by atoms with Gasteiger partial charge in [-0.2, -0.15) is 0 Å². The van der Waals surface area contributed by atoms with Gasteiger partial charge in [-0.25, -0.2) is 4.39 Å². The molecular formula is C14H12FNO2. The molecule has 0 saturated carbocycles. The number of aryl methyl sites for hydroxylation is 1. The Morgan fingerprint density at radius 3 is 2.67 bits per heavy atom. The summed E-state index contributed by atoms with van der Waals surface area (Å²) in [5.41, 5.74) is 1.23. The third-order valence-electron chi connectivity index (χ3n) is 2.70. The fraction of sp³-hybridized carbons (Fsp3) is 0.143. The number of ketones is 1. The zero-order chi connectivity index (χ0) is 13.1. The van der Waals surface area contributed by atoms with Gasteiger partial charge in [0, 0.05) is 11.8 Å². The Morgan fingerprint density at radius 2 is 2.06 bits per heavy atom. The van der Waals surface area contributed by atoms with Crippen molar-refractivity contribution in [3.05, 3.63) is 59.2 Å². The topological polar surface area (TPSA) is 39.2 Å². The van der Waals surface area contributed by atoms with E-state index in [4.69, 9.17) is 4.74 Å². The maximum atomic E-state index is 13.5. The van der Waals surface area contributed by atoms with Gasteiger partial charge in [-0.1, -0.05) is 0 Å². The summed E-state index contributed by atoms with van der Waals surface area (Å²) in [6, 6.07) is 6.43. The smallest absolute Gasteiger partial charge is 0.196 e. The quantitative estimate of drug-likeness (QED) is 0.780. The first-order valence-electron chi connectivity index (χ1n) is 5.42. The number of carbonyl (C=O) groups excluding carboxylic acids is 1. The fourth-order valence-electron chi connectivity index (χ4n) is 1.72. The fourth-order valence-corrected chi connectivity index (χ4v) is 1.72. The lowest BCUT2D eigenvalue weighted by Gasteiger charge is -2.07. The van der Waals surface area contributed by atoms with Crippen LogP contribution in [0.3, 0.4) is 0 Å². The Balaban J connectivity index is 2.44. The maximum absolute atomic E-state index is 13.5. The second kappa shape index (κ2) is 4.96.